The summed E-state index contributed by atoms with van der Waals surface area (Å²) in [7, 11) is 0. The van der Waals surface area contributed by atoms with E-state index in [1.807, 2.05) is 13.0 Å². The normalized spacial score (nSPS) is 37.2. The molecular weight excluding hydrogens is 232 g/mol. The lowest BCUT2D eigenvalue weighted by Gasteiger charge is -2.54. The molecule has 4 nitrogen and oxygen atoms in total. The Kier molecular flexibility index (Phi) is 4.23. The van der Waals surface area contributed by atoms with Gasteiger partial charge in [-0.05, 0) is 33.1 Å². The van der Waals surface area contributed by atoms with Crippen LogP contribution in [-0.4, -0.2) is 28.9 Å². The zero-order valence-electron chi connectivity index (χ0n) is 11.7. The molecule has 1 fully saturated rings. The predicted octanol–water partition coefficient (Wildman–Crippen LogP) is 1.03. The lowest BCUT2D eigenvalue weighted by atomic mass is 9.58. The number of aliphatic hydroxyl groups is 1. The summed E-state index contributed by atoms with van der Waals surface area (Å²) in [6.45, 7) is 7.90. The van der Waals surface area contributed by atoms with Gasteiger partial charge in [-0.15, -0.1) is 0 Å². The van der Waals surface area contributed by atoms with Crippen molar-refractivity contribution in [2.24, 2.45) is 5.41 Å². The Bertz CT molecular complexity index is 322. The average molecular weight is 255 g/mol. The van der Waals surface area contributed by atoms with Crippen LogP contribution in [0.3, 0.4) is 0 Å². The van der Waals surface area contributed by atoms with Crippen molar-refractivity contribution in [1.82, 2.24) is 0 Å². The monoisotopic (exact) mass is 255 g/mol. The quantitative estimate of drug-likeness (QED) is 0.656. The number of carboxylic acid groups (broad SMARTS) is 1. The first kappa shape index (κ1) is 15.2. The molecule has 0 saturated heterocycles. The molecular formula is C14H23O4-. The molecule has 1 heterocycles. The lowest BCUT2D eigenvalue weighted by molar-refractivity contribution is -0.302. The van der Waals surface area contributed by atoms with Crippen molar-refractivity contribution in [2.75, 3.05) is 6.61 Å². The standard InChI is InChI=1S/C12H20O2.C2H4O2/c1-10(2)6-4-7-11(3,13)12(10)8-5-9-14-12;1-2(3)4/h5,8,13H,4,6-7,9H2,1-3H3;1H3,(H,3,4)/p-1. The Labute approximate surface area is 109 Å². The molecule has 1 spiro atoms. The molecule has 0 radical (unpaired) electrons. The first-order valence-corrected chi connectivity index (χ1v) is 6.36. The minimum atomic E-state index is -1.08. The summed E-state index contributed by atoms with van der Waals surface area (Å²) in [5.74, 6) is -1.08. The Balaban J connectivity index is 0.000000357. The summed E-state index contributed by atoms with van der Waals surface area (Å²) in [6.07, 6.45) is 7.14. The second-order valence-electron chi connectivity index (χ2n) is 5.95. The van der Waals surface area contributed by atoms with Gasteiger partial charge in [0.1, 0.15) is 5.60 Å². The Morgan fingerprint density at radius 1 is 1.33 bits per heavy atom. The Morgan fingerprint density at radius 3 is 2.28 bits per heavy atom. The van der Waals surface area contributed by atoms with Crippen molar-refractivity contribution in [3.05, 3.63) is 12.2 Å². The fraction of sp³-hybridized carbons (Fsp3) is 0.786. The van der Waals surface area contributed by atoms with Crippen molar-refractivity contribution in [3.8, 4) is 0 Å². The van der Waals surface area contributed by atoms with Gasteiger partial charge in [-0.3, -0.25) is 0 Å². The first-order chi connectivity index (χ1) is 8.15. The Morgan fingerprint density at radius 2 is 1.89 bits per heavy atom. The molecule has 0 aromatic rings. The van der Waals surface area contributed by atoms with E-state index in [0.29, 0.717) is 6.61 Å². The van der Waals surface area contributed by atoms with E-state index in [2.05, 4.69) is 19.9 Å². The van der Waals surface area contributed by atoms with E-state index in [9.17, 15) is 5.11 Å². The van der Waals surface area contributed by atoms with Crippen molar-refractivity contribution in [1.29, 1.82) is 0 Å². The highest BCUT2D eigenvalue weighted by Crippen LogP contribution is 2.53. The van der Waals surface area contributed by atoms with Gasteiger partial charge >= 0.3 is 0 Å². The van der Waals surface area contributed by atoms with Crippen LogP contribution in [0.2, 0.25) is 0 Å². The summed E-state index contributed by atoms with van der Waals surface area (Å²) >= 11 is 0. The number of aliphatic carboxylic acids is 1. The highest BCUT2D eigenvalue weighted by Gasteiger charge is 2.59. The second-order valence-corrected chi connectivity index (χ2v) is 5.95. The van der Waals surface area contributed by atoms with E-state index in [0.717, 1.165) is 26.2 Å². The summed E-state index contributed by atoms with van der Waals surface area (Å²) in [5, 5.41) is 19.4. The largest absolute Gasteiger partial charge is 0.550 e. The molecule has 0 aromatic heterocycles. The third kappa shape index (κ3) is 2.59. The number of ether oxygens (including phenoxy) is 1. The van der Waals surface area contributed by atoms with Crippen LogP contribution in [0.4, 0.5) is 0 Å². The first-order valence-electron chi connectivity index (χ1n) is 6.36. The molecule has 18 heavy (non-hydrogen) atoms. The van der Waals surface area contributed by atoms with E-state index in [1.165, 1.54) is 0 Å². The third-order valence-corrected chi connectivity index (χ3v) is 4.03. The van der Waals surface area contributed by atoms with Crippen LogP contribution in [0, 0.1) is 5.41 Å². The average Bonchev–Trinajstić information content (AvgIpc) is 2.63. The van der Waals surface area contributed by atoms with E-state index in [4.69, 9.17) is 14.6 Å². The highest BCUT2D eigenvalue weighted by atomic mass is 16.5. The molecule has 0 amide bonds. The maximum atomic E-state index is 10.5. The lowest BCUT2D eigenvalue weighted by Crippen LogP contribution is -2.62. The van der Waals surface area contributed by atoms with Crippen molar-refractivity contribution >= 4 is 5.97 Å². The van der Waals surface area contributed by atoms with E-state index in [1.54, 1.807) is 0 Å². The van der Waals surface area contributed by atoms with Gasteiger partial charge in [-0.25, -0.2) is 0 Å². The summed E-state index contributed by atoms with van der Waals surface area (Å²) in [4.78, 5) is 8.89. The maximum Gasteiger partial charge on any atom is 0.120 e. The molecule has 2 rings (SSSR count). The number of hydrogen-bond donors (Lipinski definition) is 1. The number of carbonyl (C=O) groups excluding carboxylic acids is 1. The summed E-state index contributed by atoms with van der Waals surface area (Å²) in [6, 6.07) is 0. The molecule has 1 aliphatic heterocycles. The van der Waals surface area contributed by atoms with Gasteiger partial charge in [0.2, 0.25) is 0 Å². The van der Waals surface area contributed by atoms with Crippen molar-refractivity contribution < 1.29 is 19.7 Å². The van der Waals surface area contributed by atoms with Gasteiger partial charge in [0.05, 0.1) is 12.2 Å². The van der Waals surface area contributed by atoms with Crippen LogP contribution < -0.4 is 5.11 Å². The molecule has 4 heteroatoms. The van der Waals surface area contributed by atoms with Crippen LogP contribution in [-0.2, 0) is 9.53 Å². The fourth-order valence-electron chi connectivity index (χ4n) is 3.17. The smallest absolute Gasteiger partial charge is 0.120 e. The topological polar surface area (TPSA) is 69.6 Å². The van der Waals surface area contributed by atoms with E-state index >= 15 is 0 Å². The number of rotatable bonds is 0. The fourth-order valence-corrected chi connectivity index (χ4v) is 3.17. The maximum absolute atomic E-state index is 10.5. The minimum absolute atomic E-state index is 0.0295. The Hall–Kier alpha value is -0.870. The van der Waals surface area contributed by atoms with Crippen LogP contribution in [0.15, 0.2) is 12.2 Å². The van der Waals surface area contributed by atoms with E-state index in [-0.39, 0.29) is 5.41 Å². The van der Waals surface area contributed by atoms with Gasteiger partial charge in [0.15, 0.2) is 0 Å². The SMILES string of the molecule is CC(=O)[O-].CC1(C)CCCC(C)(O)C12C=CCO2. The molecule has 1 saturated carbocycles. The minimum Gasteiger partial charge on any atom is -0.550 e. The molecule has 0 aromatic carbocycles. The zero-order chi connectivity index (χ0) is 14.0. The molecule has 1 N–H and O–H groups in total. The number of carboxylic acids is 1. The van der Waals surface area contributed by atoms with Gasteiger partial charge in [0, 0.05) is 11.4 Å². The second kappa shape index (κ2) is 5.02. The van der Waals surface area contributed by atoms with Crippen LogP contribution in [0.1, 0.15) is 47.0 Å². The molecule has 2 atom stereocenters. The zero-order valence-corrected chi connectivity index (χ0v) is 11.7. The van der Waals surface area contributed by atoms with Crippen molar-refractivity contribution in [3.63, 3.8) is 0 Å². The van der Waals surface area contributed by atoms with Gasteiger partial charge < -0.3 is 19.7 Å². The summed E-state index contributed by atoms with van der Waals surface area (Å²) < 4.78 is 5.85. The van der Waals surface area contributed by atoms with Crippen molar-refractivity contribution in [2.45, 2.75) is 58.2 Å². The molecule has 2 aliphatic rings. The van der Waals surface area contributed by atoms with Crippen LogP contribution >= 0.6 is 0 Å². The number of hydrogen-bond acceptors (Lipinski definition) is 4. The van der Waals surface area contributed by atoms with Crippen LogP contribution in [0.25, 0.3) is 0 Å². The molecule has 1 aliphatic carbocycles. The summed E-state index contributed by atoms with van der Waals surface area (Å²) in [5.41, 5.74) is -1.15. The molecule has 2 unspecified atom stereocenters. The highest BCUT2D eigenvalue weighted by molar-refractivity contribution is 5.60. The van der Waals surface area contributed by atoms with Gasteiger partial charge in [0.25, 0.3) is 0 Å². The van der Waals surface area contributed by atoms with Gasteiger partial charge in [-0.2, -0.15) is 0 Å². The number of carbonyl (C=O) groups is 1. The predicted molar refractivity (Wildman–Crippen MR) is 66.8 cm³/mol. The van der Waals surface area contributed by atoms with Crippen LogP contribution in [0.5, 0.6) is 0 Å². The van der Waals surface area contributed by atoms with Gasteiger partial charge in [-0.1, -0.05) is 26.0 Å². The van der Waals surface area contributed by atoms with E-state index < -0.39 is 17.2 Å². The molecule has 0 bridgehead atoms. The third-order valence-electron chi connectivity index (χ3n) is 4.03. The molecule has 104 valence electrons.